The van der Waals surface area contributed by atoms with Gasteiger partial charge in [0.05, 0.1) is 5.56 Å². The Bertz CT molecular complexity index is 910. The highest BCUT2D eigenvalue weighted by atomic mass is 32.1. The minimum atomic E-state index is 0.0974. The summed E-state index contributed by atoms with van der Waals surface area (Å²) in [6.07, 6.45) is 6.27. The fourth-order valence-corrected chi connectivity index (χ4v) is 4.51. The summed E-state index contributed by atoms with van der Waals surface area (Å²) in [4.78, 5) is 19.2. The van der Waals surface area contributed by atoms with Gasteiger partial charge in [-0.15, -0.1) is 11.3 Å². The third-order valence-corrected chi connectivity index (χ3v) is 5.75. The van der Waals surface area contributed by atoms with Gasteiger partial charge >= 0.3 is 0 Å². The topological polar surface area (TPSA) is 29.4 Å². The zero-order valence-corrected chi connectivity index (χ0v) is 14.8. The number of fused-ring (bicyclic) bond motifs is 1. The molecule has 0 aliphatic heterocycles. The first-order valence-electron chi connectivity index (χ1n) is 8.66. The lowest BCUT2D eigenvalue weighted by atomic mass is 9.92. The summed E-state index contributed by atoms with van der Waals surface area (Å²) in [5.41, 5.74) is 3.83. The van der Waals surface area contributed by atoms with Crippen molar-refractivity contribution in [3.05, 3.63) is 87.8 Å². The zero-order valence-electron chi connectivity index (χ0n) is 13.9. The molecule has 0 saturated heterocycles. The van der Waals surface area contributed by atoms with Gasteiger partial charge in [-0.1, -0.05) is 60.7 Å². The van der Waals surface area contributed by atoms with Gasteiger partial charge in [0.1, 0.15) is 5.00 Å². The second-order valence-electron chi connectivity index (χ2n) is 6.26. The van der Waals surface area contributed by atoms with Crippen LogP contribution in [0, 0.1) is 0 Å². The molecule has 0 saturated carbocycles. The third-order valence-electron chi connectivity index (χ3n) is 4.55. The van der Waals surface area contributed by atoms with Crippen molar-refractivity contribution in [1.82, 2.24) is 0 Å². The van der Waals surface area contributed by atoms with E-state index in [1.54, 1.807) is 11.3 Å². The van der Waals surface area contributed by atoms with Gasteiger partial charge in [-0.05, 0) is 36.8 Å². The molecule has 0 bridgehead atoms. The Morgan fingerprint density at radius 2 is 1.60 bits per heavy atom. The molecule has 0 amide bonds. The third kappa shape index (κ3) is 3.33. The van der Waals surface area contributed by atoms with E-state index in [0.717, 1.165) is 41.0 Å². The van der Waals surface area contributed by atoms with Crippen molar-refractivity contribution in [3.63, 3.8) is 0 Å². The van der Waals surface area contributed by atoms with Crippen LogP contribution in [-0.2, 0) is 12.8 Å². The predicted octanol–water partition coefficient (Wildman–Crippen LogP) is 5.61. The van der Waals surface area contributed by atoms with Gasteiger partial charge < -0.3 is 0 Å². The summed E-state index contributed by atoms with van der Waals surface area (Å²) >= 11 is 1.69. The molecule has 1 aromatic heterocycles. The number of nitrogens with zero attached hydrogens (tertiary/aromatic N) is 1. The summed E-state index contributed by atoms with van der Waals surface area (Å²) in [5.74, 6) is 0.0974. The number of aliphatic imine (C=N–C) groups is 1. The van der Waals surface area contributed by atoms with Crippen LogP contribution in [0.4, 0.5) is 5.00 Å². The van der Waals surface area contributed by atoms with E-state index in [9.17, 15) is 4.79 Å². The Hall–Kier alpha value is -2.52. The van der Waals surface area contributed by atoms with Crippen LogP contribution in [0.3, 0.4) is 0 Å². The number of benzene rings is 2. The Balaban J connectivity index is 1.77. The summed E-state index contributed by atoms with van der Waals surface area (Å²) in [5, 5.41) is 0.851. The Morgan fingerprint density at radius 3 is 2.36 bits per heavy atom. The molecule has 4 rings (SSSR count). The van der Waals surface area contributed by atoms with E-state index in [1.807, 2.05) is 66.9 Å². The van der Waals surface area contributed by atoms with Crippen molar-refractivity contribution in [3.8, 4) is 0 Å². The highest BCUT2D eigenvalue weighted by Gasteiger charge is 2.25. The number of carbonyl (C=O) groups excluding carboxylic acids is 1. The number of hydrogen-bond acceptors (Lipinski definition) is 3. The molecular weight excluding hydrogens is 326 g/mol. The molecule has 2 aromatic carbocycles. The maximum atomic E-state index is 13.1. The van der Waals surface area contributed by atoms with Crippen LogP contribution in [0.1, 0.15) is 44.8 Å². The number of thiophene rings is 1. The lowest BCUT2D eigenvalue weighted by molar-refractivity contribution is 0.103. The van der Waals surface area contributed by atoms with Crippen LogP contribution in [-0.4, -0.2) is 12.0 Å². The highest BCUT2D eigenvalue weighted by Crippen LogP contribution is 2.40. The van der Waals surface area contributed by atoms with Crippen molar-refractivity contribution in [1.29, 1.82) is 0 Å². The maximum absolute atomic E-state index is 13.1. The van der Waals surface area contributed by atoms with E-state index in [4.69, 9.17) is 4.99 Å². The number of aryl methyl sites for hydroxylation is 1. The molecule has 2 nitrogen and oxygen atoms in total. The molecule has 0 N–H and O–H groups in total. The monoisotopic (exact) mass is 345 g/mol. The molecule has 25 heavy (non-hydrogen) atoms. The fraction of sp³-hybridized carbons (Fsp3) is 0.182. The van der Waals surface area contributed by atoms with Gasteiger partial charge in [0.25, 0.3) is 0 Å². The average Bonchev–Trinajstić information content (AvgIpc) is 3.05. The molecule has 0 fully saturated rings. The molecule has 1 aliphatic rings. The lowest BCUT2D eigenvalue weighted by Gasteiger charge is -2.12. The smallest absolute Gasteiger partial charge is 0.196 e. The summed E-state index contributed by atoms with van der Waals surface area (Å²) < 4.78 is 0. The van der Waals surface area contributed by atoms with E-state index in [0.29, 0.717) is 0 Å². The van der Waals surface area contributed by atoms with Crippen LogP contribution >= 0.6 is 11.3 Å². The molecule has 0 atom stereocenters. The minimum absolute atomic E-state index is 0.0974. The second-order valence-corrected chi connectivity index (χ2v) is 7.34. The maximum Gasteiger partial charge on any atom is 0.196 e. The van der Waals surface area contributed by atoms with Crippen molar-refractivity contribution in [2.75, 3.05) is 0 Å². The number of carbonyl (C=O) groups is 1. The number of rotatable bonds is 4. The first-order chi connectivity index (χ1) is 12.3. The van der Waals surface area contributed by atoms with E-state index >= 15 is 0 Å². The van der Waals surface area contributed by atoms with Crippen molar-refractivity contribution in [2.45, 2.75) is 25.7 Å². The number of hydrogen-bond donors (Lipinski definition) is 0. The minimum Gasteiger partial charge on any atom is -0.288 e. The Morgan fingerprint density at radius 1 is 0.920 bits per heavy atom. The SMILES string of the molecule is O=C(c1ccccc1)c1c(N=Cc2ccccc2)sc2c1CCCC2. The lowest BCUT2D eigenvalue weighted by Crippen LogP contribution is -2.07. The van der Waals surface area contributed by atoms with Gasteiger partial charge in [0.15, 0.2) is 5.78 Å². The quantitative estimate of drug-likeness (QED) is 0.446. The molecule has 3 heteroatoms. The largest absolute Gasteiger partial charge is 0.288 e. The Labute approximate surface area is 151 Å². The fourth-order valence-electron chi connectivity index (χ4n) is 3.28. The highest BCUT2D eigenvalue weighted by molar-refractivity contribution is 7.16. The van der Waals surface area contributed by atoms with E-state index in [2.05, 4.69) is 0 Å². The van der Waals surface area contributed by atoms with Gasteiger partial charge in [-0.2, -0.15) is 0 Å². The second kappa shape index (κ2) is 7.16. The molecule has 0 radical (unpaired) electrons. The van der Waals surface area contributed by atoms with Crippen LogP contribution in [0.2, 0.25) is 0 Å². The van der Waals surface area contributed by atoms with E-state index in [1.165, 1.54) is 16.9 Å². The molecule has 124 valence electrons. The number of ketones is 1. The molecule has 1 aliphatic carbocycles. The van der Waals surface area contributed by atoms with E-state index < -0.39 is 0 Å². The van der Waals surface area contributed by atoms with Gasteiger partial charge in [-0.25, -0.2) is 4.99 Å². The summed E-state index contributed by atoms with van der Waals surface area (Å²) in [6, 6.07) is 19.6. The summed E-state index contributed by atoms with van der Waals surface area (Å²) in [6.45, 7) is 0. The molecule has 0 unspecified atom stereocenters. The van der Waals surface area contributed by atoms with Crippen molar-refractivity contribution >= 4 is 28.3 Å². The average molecular weight is 345 g/mol. The van der Waals surface area contributed by atoms with Gasteiger partial charge in [0.2, 0.25) is 0 Å². The van der Waals surface area contributed by atoms with Crippen molar-refractivity contribution < 1.29 is 4.79 Å². The first kappa shape index (κ1) is 16.0. The van der Waals surface area contributed by atoms with Crippen LogP contribution in [0.15, 0.2) is 65.7 Å². The van der Waals surface area contributed by atoms with Crippen LogP contribution in [0.25, 0.3) is 0 Å². The van der Waals surface area contributed by atoms with Gasteiger partial charge in [0, 0.05) is 16.7 Å². The molecule has 0 spiro atoms. The summed E-state index contributed by atoms with van der Waals surface area (Å²) in [7, 11) is 0. The van der Waals surface area contributed by atoms with Crippen molar-refractivity contribution in [2.24, 2.45) is 4.99 Å². The van der Waals surface area contributed by atoms with Crippen LogP contribution < -0.4 is 0 Å². The zero-order chi connectivity index (χ0) is 17.1. The van der Waals surface area contributed by atoms with E-state index in [-0.39, 0.29) is 5.78 Å². The van der Waals surface area contributed by atoms with Gasteiger partial charge in [-0.3, -0.25) is 4.79 Å². The first-order valence-corrected chi connectivity index (χ1v) is 9.48. The predicted molar refractivity (Wildman–Crippen MR) is 105 cm³/mol. The normalized spacial score (nSPS) is 13.8. The molecule has 3 aromatic rings. The van der Waals surface area contributed by atoms with Crippen LogP contribution in [0.5, 0.6) is 0 Å². The standard InChI is InChI=1S/C22H19NOS/c24-21(17-11-5-2-6-12-17)20-18-13-7-8-14-19(18)25-22(20)23-15-16-9-3-1-4-10-16/h1-6,9-12,15H,7-8,13-14H2. The Kier molecular flexibility index (Phi) is 4.57. The molecule has 1 heterocycles. The molecular formula is C22H19NOS.